The second-order valence-electron chi connectivity index (χ2n) is 5.98. The molecule has 2 heterocycles. The Hall–Kier alpha value is -1.09. The van der Waals surface area contributed by atoms with Crippen LogP contribution < -0.4 is 4.74 Å². The van der Waals surface area contributed by atoms with Crippen LogP contribution in [0.2, 0.25) is 0 Å². The third-order valence-electron chi connectivity index (χ3n) is 3.02. The fourth-order valence-corrected chi connectivity index (χ4v) is 2.36. The molecule has 0 amide bonds. The van der Waals surface area contributed by atoms with Crippen LogP contribution in [0.4, 0.5) is 0 Å². The first-order valence-corrected chi connectivity index (χ1v) is 6.23. The molecule has 1 aromatic rings. The summed E-state index contributed by atoms with van der Waals surface area (Å²) in [5.41, 5.74) is 2.90. The van der Waals surface area contributed by atoms with Gasteiger partial charge >= 0.3 is 0 Å². The van der Waals surface area contributed by atoms with E-state index in [4.69, 9.17) is 4.74 Å². The summed E-state index contributed by atoms with van der Waals surface area (Å²) >= 11 is 0. The van der Waals surface area contributed by atoms with E-state index >= 15 is 0 Å². The molecule has 3 heteroatoms. The summed E-state index contributed by atoms with van der Waals surface area (Å²) in [6, 6.07) is 4.11. The van der Waals surface area contributed by atoms with Crippen molar-refractivity contribution in [2.45, 2.75) is 33.7 Å². The molecule has 17 heavy (non-hydrogen) atoms. The minimum atomic E-state index is 0.344. The van der Waals surface area contributed by atoms with E-state index in [0.717, 1.165) is 31.9 Å². The Kier molecular flexibility index (Phi) is 3.38. The molecule has 1 aliphatic rings. The fourth-order valence-electron chi connectivity index (χ4n) is 2.36. The number of nitrogens with zero attached hydrogens (tertiary/aromatic N) is 2. The van der Waals surface area contributed by atoms with Gasteiger partial charge in [0.05, 0.1) is 12.8 Å². The maximum atomic E-state index is 5.19. The highest BCUT2D eigenvalue weighted by molar-refractivity contribution is 5.27. The molecular formula is C14H22N2O. The maximum absolute atomic E-state index is 5.19. The summed E-state index contributed by atoms with van der Waals surface area (Å²) in [7, 11) is 1.67. The van der Waals surface area contributed by atoms with Crippen molar-refractivity contribution in [2.24, 2.45) is 5.41 Å². The molecule has 0 saturated heterocycles. The van der Waals surface area contributed by atoms with Gasteiger partial charge in [-0.15, -0.1) is 0 Å². The van der Waals surface area contributed by atoms with E-state index < -0.39 is 0 Å². The molecule has 1 aromatic heterocycles. The third-order valence-corrected chi connectivity index (χ3v) is 3.02. The highest BCUT2D eigenvalue weighted by atomic mass is 16.5. The molecule has 2 rings (SSSR count). The lowest BCUT2D eigenvalue weighted by atomic mass is 9.94. The minimum Gasteiger partial charge on any atom is -0.481 e. The molecule has 0 saturated carbocycles. The molecule has 0 bridgehead atoms. The Morgan fingerprint density at radius 1 is 1.35 bits per heavy atom. The smallest absolute Gasteiger partial charge is 0.213 e. The van der Waals surface area contributed by atoms with Crippen LogP contribution in [0.1, 0.15) is 32.0 Å². The Balaban J connectivity index is 2.11. The van der Waals surface area contributed by atoms with Crippen LogP contribution in [-0.2, 0) is 13.0 Å². The Morgan fingerprint density at radius 2 is 2.12 bits per heavy atom. The lowest BCUT2D eigenvalue weighted by Gasteiger charge is -2.33. The first kappa shape index (κ1) is 12.4. The Morgan fingerprint density at radius 3 is 2.76 bits per heavy atom. The van der Waals surface area contributed by atoms with Crippen LogP contribution in [-0.4, -0.2) is 30.1 Å². The molecule has 0 spiro atoms. The number of fused-ring (bicyclic) bond motifs is 1. The topological polar surface area (TPSA) is 25.4 Å². The van der Waals surface area contributed by atoms with Crippen LogP contribution in [0.3, 0.4) is 0 Å². The molecular weight excluding hydrogens is 212 g/mol. The van der Waals surface area contributed by atoms with Gasteiger partial charge in [0.25, 0.3) is 0 Å². The van der Waals surface area contributed by atoms with Crippen molar-refractivity contribution in [3.05, 3.63) is 23.4 Å². The largest absolute Gasteiger partial charge is 0.481 e. The maximum Gasteiger partial charge on any atom is 0.213 e. The van der Waals surface area contributed by atoms with Crippen LogP contribution in [0.25, 0.3) is 0 Å². The molecule has 0 radical (unpaired) electrons. The summed E-state index contributed by atoms with van der Waals surface area (Å²) in [4.78, 5) is 7.03. The van der Waals surface area contributed by atoms with Gasteiger partial charge in [0.15, 0.2) is 0 Å². The van der Waals surface area contributed by atoms with Crippen LogP contribution in [0.15, 0.2) is 12.1 Å². The van der Waals surface area contributed by atoms with Gasteiger partial charge in [-0.25, -0.2) is 4.98 Å². The van der Waals surface area contributed by atoms with Gasteiger partial charge in [-0.05, 0) is 17.4 Å². The van der Waals surface area contributed by atoms with Crippen molar-refractivity contribution in [1.29, 1.82) is 0 Å². The minimum absolute atomic E-state index is 0.344. The van der Waals surface area contributed by atoms with E-state index in [2.05, 4.69) is 36.7 Å². The molecule has 0 aromatic carbocycles. The molecule has 94 valence electrons. The predicted molar refractivity (Wildman–Crippen MR) is 69.2 cm³/mol. The molecule has 0 aliphatic carbocycles. The average Bonchev–Trinajstić information content (AvgIpc) is 2.26. The van der Waals surface area contributed by atoms with Gasteiger partial charge in [0, 0.05) is 25.7 Å². The zero-order valence-corrected chi connectivity index (χ0v) is 11.3. The predicted octanol–water partition coefficient (Wildman–Crippen LogP) is 2.49. The highest BCUT2D eigenvalue weighted by Gasteiger charge is 2.22. The number of pyridine rings is 1. The van der Waals surface area contributed by atoms with Gasteiger partial charge < -0.3 is 4.74 Å². The van der Waals surface area contributed by atoms with Gasteiger partial charge in [-0.2, -0.15) is 0 Å². The van der Waals surface area contributed by atoms with E-state index in [0.29, 0.717) is 5.41 Å². The van der Waals surface area contributed by atoms with Crippen molar-refractivity contribution in [3.8, 4) is 5.88 Å². The van der Waals surface area contributed by atoms with Crippen molar-refractivity contribution in [2.75, 3.05) is 20.2 Å². The zero-order valence-electron chi connectivity index (χ0n) is 11.3. The molecule has 3 nitrogen and oxygen atoms in total. The number of hydrogen-bond acceptors (Lipinski definition) is 3. The lowest BCUT2D eigenvalue weighted by Crippen LogP contribution is -2.37. The van der Waals surface area contributed by atoms with Crippen molar-refractivity contribution in [3.63, 3.8) is 0 Å². The normalized spacial score (nSPS) is 16.7. The van der Waals surface area contributed by atoms with Gasteiger partial charge in [0.2, 0.25) is 5.88 Å². The van der Waals surface area contributed by atoms with Gasteiger partial charge in [-0.1, -0.05) is 26.8 Å². The van der Waals surface area contributed by atoms with E-state index in [9.17, 15) is 0 Å². The van der Waals surface area contributed by atoms with Crippen molar-refractivity contribution >= 4 is 0 Å². The van der Waals surface area contributed by atoms with Crippen LogP contribution in [0.5, 0.6) is 5.88 Å². The highest BCUT2D eigenvalue weighted by Crippen LogP contribution is 2.23. The number of aromatic nitrogens is 1. The second kappa shape index (κ2) is 4.65. The molecule has 0 atom stereocenters. The molecule has 0 unspecified atom stereocenters. The molecule has 0 fully saturated rings. The summed E-state index contributed by atoms with van der Waals surface area (Å²) in [5.74, 6) is 0.723. The number of ether oxygens (including phenoxy) is 1. The average molecular weight is 234 g/mol. The Labute approximate surface area is 104 Å². The zero-order chi connectivity index (χ0) is 12.5. The van der Waals surface area contributed by atoms with Gasteiger partial charge in [-0.3, -0.25) is 4.90 Å². The fraction of sp³-hybridized carbons (Fsp3) is 0.643. The van der Waals surface area contributed by atoms with Crippen molar-refractivity contribution < 1.29 is 4.74 Å². The number of rotatable bonds is 2. The van der Waals surface area contributed by atoms with Gasteiger partial charge in [0.1, 0.15) is 0 Å². The standard InChI is InChI=1S/C14H22N2O/c1-14(2,3)10-16-8-7-11-5-6-13(17-4)15-12(11)9-16/h5-6H,7-10H2,1-4H3. The summed E-state index contributed by atoms with van der Waals surface area (Å²) < 4.78 is 5.19. The quantitative estimate of drug-likeness (QED) is 0.786. The number of methoxy groups -OCH3 is 1. The summed E-state index contributed by atoms with van der Waals surface area (Å²) in [6.45, 7) is 10.0. The van der Waals surface area contributed by atoms with Crippen LogP contribution in [0, 0.1) is 5.41 Å². The molecule has 0 N–H and O–H groups in total. The SMILES string of the molecule is COc1ccc2c(n1)CN(CC(C)(C)C)CC2. The summed E-state index contributed by atoms with van der Waals surface area (Å²) in [5, 5.41) is 0. The molecule has 1 aliphatic heterocycles. The summed E-state index contributed by atoms with van der Waals surface area (Å²) in [6.07, 6.45) is 1.10. The monoisotopic (exact) mass is 234 g/mol. The van der Waals surface area contributed by atoms with E-state index in [1.54, 1.807) is 7.11 Å². The van der Waals surface area contributed by atoms with E-state index in [1.165, 1.54) is 11.3 Å². The van der Waals surface area contributed by atoms with E-state index in [-0.39, 0.29) is 0 Å². The van der Waals surface area contributed by atoms with Crippen molar-refractivity contribution in [1.82, 2.24) is 9.88 Å². The third kappa shape index (κ3) is 3.19. The second-order valence-corrected chi connectivity index (χ2v) is 5.98. The van der Waals surface area contributed by atoms with E-state index in [1.807, 2.05) is 6.07 Å². The Bertz CT molecular complexity index is 396. The van der Waals surface area contributed by atoms with Crippen LogP contribution >= 0.6 is 0 Å². The lowest BCUT2D eigenvalue weighted by molar-refractivity contribution is 0.174. The number of hydrogen-bond donors (Lipinski definition) is 0. The first-order chi connectivity index (χ1) is 7.98. The first-order valence-electron chi connectivity index (χ1n) is 6.23.